The molecular formula is C21H18FN3O3S. The van der Waals surface area contributed by atoms with E-state index in [1.54, 1.807) is 35.8 Å². The van der Waals surface area contributed by atoms with Gasteiger partial charge < -0.3 is 15.0 Å². The van der Waals surface area contributed by atoms with Crippen molar-refractivity contribution in [3.63, 3.8) is 0 Å². The lowest BCUT2D eigenvalue weighted by atomic mass is 10.2. The molecule has 1 aliphatic rings. The number of hydrogen-bond acceptors (Lipinski definition) is 5. The Morgan fingerprint density at radius 1 is 1.28 bits per heavy atom. The molecule has 0 atom stereocenters. The third-order valence-corrected chi connectivity index (χ3v) is 5.17. The second-order valence-electron chi connectivity index (χ2n) is 6.57. The van der Waals surface area contributed by atoms with Crippen LogP contribution in [0.3, 0.4) is 0 Å². The van der Waals surface area contributed by atoms with Crippen molar-refractivity contribution in [3.8, 4) is 5.75 Å². The van der Waals surface area contributed by atoms with E-state index < -0.39 is 5.82 Å². The number of amides is 2. The fourth-order valence-electron chi connectivity index (χ4n) is 3.10. The Morgan fingerprint density at radius 3 is 2.90 bits per heavy atom. The van der Waals surface area contributed by atoms with E-state index in [0.29, 0.717) is 36.6 Å². The summed E-state index contributed by atoms with van der Waals surface area (Å²) in [4.78, 5) is 29.9. The van der Waals surface area contributed by atoms with Crippen LogP contribution in [-0.4, -0.2) is 23.3 Å². The number of carbonyl (C=O) groups excluding carboxylic acids is 2. The number of rotatable bonds is 6. The van der Waals surface area contributed by atoms with Crippen molar-refractivity contribution < 1.29 is 18.7 Å². The molecule has 2 amide bonds. The molecule has 1 fully saturated rings. The van der Waals surface area contributed by atoms with Crippen LogP contribution in [0.5, 0.6) is 5.75 Å². The third-order valence-electron chi connectivity index (χ3n) is 4.54. The van der Waals surface area contributed by atoms with Crippen LogP contribution in [0.15, 0.2) is 53.4 Å². The molecule has 3 aromatic rings. The summed E-state index contributed by atoms with van der Waals surface area (Å²) in [5.41, 5.74) is 3.49. The average molecular weight is 411 g/mol. The monoisotopic (exact) mass is 411 g/mol. The summed E-state index contributed by atoms with van der Waals surface area (Å²) in [6, 6.07) is 11.1. The van der Waals surface area contributed by atoms with Crippen LogP contribution < -0.4 is 15.0 Å². The number of aromatic nitrogens is 1. The lowest BCUT2D eigenvalue weighted by molar-refractivity contribution is -0.117. The average Bonchev–Trinajstić information content (AvgIpc) is 3.39. The standard InChI is InChI=1S/C21H18FN3O3S/c22-18-10-15(6-7-19(18)25-8-2-5-20(25)26)24-21(27)14-3-1-4-17(9-14)28-11-16-12-29-13-23-16/h1,3-4,6-7,9-10,12-13H,2,5,8,11H2,(H,24,27). The van der Waals surface area contributed by atoms with Gasteiger partial charge in [-0.15, -0.1) is 11.3 Å². The molecule has 2 heterocycles. The number of hydrogen-bond donors (Lipinski definition) is 1. The molecule has 6 nitrogen and oxygen atoms in total. The maximum Gasteiger partial charge on any atom is 0.255 e. The van der Waals surface area contributed by atoms with Gasteiger partial charge in [-0.3, -0.25) is 9.59 Å². The van der Waals surface area contributed by atoms with Crippen molar-refractivity contribution in [1.82, 2.24) is 4.98 Å². The molecule has 1 aromatic heterocycles. The summed E-state index contributed by atoms with van der Waals surface area (Å²) in [5.74, 6) is -0.471. The van der Waals surface area contributed by atoms with Crippen LogP contribution in [0.25, 0.3) is 0 Å². The molecule has 29 heavy (non-hydrogen) atoms. The van der Waals surface area contributed by atoms with Crippen LogP contribution in [0.1, 0.15) is 28.9 Å². The summed E-state index contributed by atoms with van der Waals surface area (Å²) >= 11 is 1.49. The lowest BCUT2D eigenvalue weighted by Crippen LogP contribution is -2.24. The largest absolute Gasteiger partial charge is 0.487 e. The van der Waals surface area contributed by atoms with Gasteiger partial charge in [0, 0.05) is 29.6 Å². The fraction of sp³-hybridized carbons (Fsp3) is 0.190. The minimum Gasteiger partial charge on any atom is -0.487 e. The first-order chi connectivity index (χ1) is 14.1. The van der Waals surface area contributed by atoms with Crippen LogP contribution in [0.2, 0.25) is 0 Å². The highest BCUT2D eigenvalue weighted by Gasteiger charge is 2.24. The summed E-state index contributed by atoms with van der Waals surface area (Å²) in [6.45, 7) is 0.825. The maximum absolute atomic E-state index is 14.5. The zero-order chi connectivity index (χ0) is 20.2. The molecule has 0 unspecified atom stereocenters. The SMILES string of the molecule is O=C(Nc1ccc(N2CCCC2=O)c(F)c1)c1cccc(OCc2cscn2)c1. The summed E-state index contributed by atoms with van der Waals surface area (Å²) in [6.07, 6.45) is 1.15. The van der Waals surface area contributed by atoms with E-state index >= 15 is 0 Å². The van der Waals surface area contributed by atoms with Gasteiger partial charge in [0.25, 0.3) is 5.91 Å². The lowest BCUT2D eigenvalue weighted by Gasteiger charge is -2.17. The summed E-state index contributed by atoms with van der Waals surface area (Å²) < 4.78 is 20.1. The Hall–Kier alpha value is -3.26. The molecule has 0 saturated carbocycles. The number of ether oxygens (including phenoxy) is 1. The Kier molecular flexibility index (Phi) is 5.53. The number of nitrogens with one attached hydrogen (secondary N) is 1. The summed E-state index contributed by atoms with van der Waals surface area (Å²) in [7, 11) is 0. The van der Waals surface area contributed by atoms with E-state index in [4.69, 9.17) is 4.74 Å². The van der Waals surface area contributed by atoms with Crippen molar-refractivity contribution in [2.45, 2.75) is 19.4 Å². The highest BCUT2D eigenvalue weighted by atomic mass is 32.1. The molecule has 0 bridgehead atoms. The van der Waals surface area contributed by atoms with E-state index in [-0.39, 0.29) is 17.5 Å². The molecule has 0 aliphatic carbocycles. The van der Waals surface area contributed by atoms with Crippen molar-refractivity contribution in [2.75, 3.05) is 16.8 Å². The van der Waals surface area contributed by atoms with Crippen molar-refractivity contribution in [2.24, 2.45) is 0 Å². The topological polar surface area (TPSA) is 71.5 Å². The van der Waals surface area contributed by atoms with E-state index in [1.165, 1.54) is 28.4 Å². The van der Waals surface area contributed by atoms with E-state index in [1.807, 2.05) is 5.38 Å². The second kappa shape index (κ2) is 8.40. The van der Waals surface area contributed by atoms with Gasteiger partial charge in [-0.05, 0) is 42.8 Å². The predicted molar refractivity (Wildman–Crippen MR) is 109 cm³/mol. The molecule has 148 valence electrons. The van der Waals surface area contributed by atoms with Gasteiger partial charge in [-0.2, -0.15) is 0 Å². The molecule has 1 N–H and O–H groups in total. The molecule has 0 radical (unpaired) electrons. The van der Waals surface area contributed by atoms with Crippen molar-refractivity contribution >= 4 is 34.5 Å². The van der Waals surface area contributed by atoms with Gasteiger partial charge in [-0.1, -0.05) is 6.07 Å². The molecule has 8 heteroatoms. The third kappa shape index (κ3) is 4.43. The molecular weight excluding hydrogens is 393 g/mol. The zero-order valence-electron chi connectivity index (χ0n) is 15.4. The first-order valence-electron chi connectivity index (χ1n) is 9.11. The number of carbonyl (C=O) groups is 2. The number of benzene rings is 2. The van der Waals surface area contributed by atoms with Crippen LogP contribution in [-0.2, 0) is 11.4 Å². The minimum absolute atomic E-state index is 0.0878. The number of halogens is 1. The first kappa shape index (κ1) is 19.1. The van der Waals surface area contributed by atoms with Crippen LogP contribution in [0, 0.1) is 5.82 Å². The van der Waals surface area contributed by atoms with E-state index in [0.717, 1.165) is 12.1 Å². The number of nitrogens with zero attached hydrogens (tertiary/aromatic N) is 2. The minimum atomic E-state index is -0.543. The highest BCUT2D eigenvalue weighted by Crippen LogP contribution is 2.27. The van der Waals surface area contributed by atoms with Gasteiger partial charge in [0.15, 0.2) is 0 Å². The molecule has 2 aromatic carbocycles. The Labute approximate surface area is 171 Å². The number of anilines is 2. The van der Waals surface area contributed by atoms with Gasteiger partial charge in [-0.25, -0.2) is 9.37 Å². The molecule has 4 rings (SSSR count). The molecule has 1 aliphatic heterocycles. The van der Waals surface area contributed by atoms with Gasteiger partial charge in [0.05, 0.1) is 16.9 Å². The number of thiazole rings is 1. The second-order valence-corrected chi connectivity index (χ2v) is 7.28. The quantitative estimate of drug-likeness (QED) is 0.659. The van der Waals surface area contributed by atoms with Crippen molar-refractivity contribution in [1.29, 1.82) is 0 Å². The van der Waals surface area contributed by atoms with Gasteiger partial charge in [0.1, 0.15) is 18.2 Å². The molecule has 0 spiro atoms. The Balaban J connectivity index is 1.43. The summed E-state index contributed by atoms with van der Waals surface area (Å²) in [5, 5.41) is 4.57. The van der Waals surface area contributed by atoms with E-state index in [2.05, 4.69) is 10.3 Å². The predicted octanol–water partition coefficient (Wildman–Crippen LogP) is 4.24. The normalized spacial score (nSPS) is 13.6. The fourth-order valence-corrected chi connectivity index (χ4v) is 3.65. The van der Waals surface area contributed by atoms with Crippen LogP contribution in [0.4, 0.5) is 15.8 Å². The van der Waals surface area contributed by atoms with E-state index in [9.17, 15) is 14.0 Å². The highest BCUT2D eigenvalue weighted by molar-refractivity contribution is 7.07. The smallest absolute Gasteiger partial charge is 0.255 e. The molecule has 1 saturated heterocycles. The van der Waals surface area contributed by atoms with Gasteiger partial charge >= 0.3 is 0 Å². The van der Waals surface area contributed by atoms with Crippen molar-refractivity contribution in [3.05, 3.63) is 70.4 Å². The maximum atomic E-state index is 14.5. The zero-order valence-corrected chi connectivity index (χ0v) is 16.2. The van der Waals surface area contributed by atoms with Gasteiger partial charge in [0.2, 0.25) is 5.91 Å². The Bertz CT molecular complexity index is 1040. The Morgan fingerprint density at radius 2 is 2.17 bits per heavy atom. The van der Waals surface area contributed by atoms with Crippen LogP contribution >= 0.6 is 11.3 Å². The first-order valence-corrected chi connectivity index (χ1v) is 10.1.